The van der Waals surface area contributed by atoms with E-state index in [1.807, 2.05) is 0 Å². The van der Waals surface area contributed by atoms with Gasteiger partial charge in [0, 0.05) is 32.0 Å². The molecule has 3 aliphatic rings. The Balaban J connectivity index is 1.18. The molecule has 1 aromatic heterocycles. The average molecular weight is 345 g/mol. The van der Waals surface area contributed by atoms with Gasteiger partial charge in [-0.2, -0.15) is 0 Å². The minimum absolute atomic E-state index is 0.0149. The maximum absolute atomic E-state index is 12.1. The van der Waals surface area contributed by atoms with Crippen molar-refractivity contribution in [2.24, 2.45) is 11.8 Å². The smallest absolute Gasteiger partial charge is 0.315 e. The summed E-state index contributed by atoms with van der Waals surface area (Å²) in [5.74, 6) is 3.72. The van der Waals surface area contributed by atoms with Crippen LogP contribution in [0, 0.1) is 11.8 Å². The highest BCUT2D eigenvalue weighted by atomic mass is 16.2. The van der Waals surface area contributed by atoms with Crippen molar-refractivity contribution in [3.8, 4) is 0 Å². The van der Waals surface area contributed by atoms with E-state index in [1.165, 1.54) is 57.8 Å². The van der Waals surface area contributed by atoms with Crippen LogP contribution in [0.15, 0.2) is 0 Å². The van der Waals surface area contributed by atoms with Crippen LogP contribution in [0.1, 0.15) is 69.4 Å². The zero-order valence-electron chi connectivity index (χ0n) is 15.2. The number of aromatic nitrogens is 3. The Morgan fingerprint density at radius 1 is 1.08 bits per heavy atom. The fraction of sp³-hybridized carbons (Fsp3) is 0.842. The fourth-order valence-corrected chi connectivity index (χ4v) is 4.70. The second-order valence-corrected chi connectivity index (χ2v) is 8.05. The van der Waals surface area contributed by atoms with Crippen LogP contribution in [0.25, 0.3) is 0 Å². The van der Waals surface area contributed by atoms with Crippen LogP contribution in [0.4, 0.5) is 4.79 Å². The zero-order valence-corrected chi connectivity index (χ0v) is 15.2. The van der Waals surface area contributed by atoms with Gasteiger partial charge >= 0.3 is 6.03 Å². The molecule has 0 aromatic carbocycles. The van der Waals surface area contributed by atoms with Crippen LogP contribution < -0.4 is 10.6 Å². The van der Waals surface area contributed by atoms with E-state index in [9.17, 15) is 4.79 Å². The molecular formula is C19H31N5O. The molecule has 6 heteroatoms. The average Bonchev–Trinajstić information content (AvgIpc) is 3.35. The summed E-state index contributed by atoms with van der Waals surface area (Å²) < 4.78 is 2.26. The van der Waals surface area contributed by atoms with Crippen molar-refractivity contribution >= 4 is 6.03 Å². The summed E-state index contributed by atoms with van der Waals surface area (Å²) in [6, 6.07) is 0.395. The lowest BCUT2D eigenvalue weighted by atomic mass is 9.85. The fourth-order valence-electron chi connectivity index (χ4n) is 4.70. The van der Waals surface area contributed by atoms with Gasteiger partial charge in [-0.05, 0) is 31.1 Å². The van der Waals surface area contributed by atoms with Crippen LogP contribution in [-0.4, -0.2) is 33.4 Å². The third-order valence-electron chi connectivity index (χ3n) is 6.23. The molecule has 2 saturated carbocycles. The zero-order chi connectivity index (χ0) is 17.1. The van der Waals surface area contributed by atoms with Gasteiger partial charge in [0.2, 0.25) is 0 Å². The van der Waals surface area contributed by atoms with E-state index in [0.29, 0.717) is 12.6 Å². The summed E-state index contributed by atoms with van der Waals surface area (Å²) in [5.41, 5.74) is 0. The molecule has 0 radical (unpaired) electrons. The van der Waals surface area contributed by atoms with Crippen molar-refractivity contribution < 1.29 is 4.79 Å². The quantitative estimate of drug-likeness (QED) is 0.862. The molecule has 6 nitrogen and oxygen atoms in total. The summed E-state index contributed by atoms with van der Waals surface area (Å²) in [6.07, 6.45) is 13.5. The van der Waals surface area contributed by atoms with Gasteiger partial charge in [-0.15, -0.1) is 10.2 Å². The van der Waals surface area contributed by atoms with Crippen LogP contribution >= 0.6 is 0 Å². The number of fused-ring (bicyclic) bond motifs is 1. The first kappa shape index (κ1) is 16.9. The number of amides is 2. The molecule has 2 atom stereocenters. The number of hydrogen-bond acceptors (Lipinski definition) is 3. The molecule has 2 amide bonds. The predicted octanol–water partition coefficient (Wildman–Crippen LogP) is 2.82. The third kappa shape index (κ3) is 4.15. The highest BCUT2D eigenvalue weighted by Crippen LogP contribution is 2.44. The van der Waals surface area contributed by atoms with Crippen LogP contribution in [0.3, 0.4) is 0 Å². The van der Waals surface area contributed by atoms with Crippen LogP contribution in [-0.2, 0) is 19.4 Å². The highest BCUT2D eigenvalue weighted by molar-refractivity contribution is 5.74. The van der Waals surface area contributed by atoms with E-state index in [2.05, 4.69) is 25.4 Å². The molecule has 0 unspecified atom stereocenters. The Bertz CT molecular complexity index is 593. The number of aryl methyl sites for hydroxylation is 1. The Labute approximate surface area is 150 Å². The highest BCUT2D eigenvalue weighted by Gasteiger charge is 2.43. The SMILES string of the molecule is O=C(NCCc1nnc2n1CCCCC2)N[C@H]1C[C@H]1C1CCCCC1. The van der Waals surface area contributed by atoms with Crippen molar-refractivity contribution in [3.05, 3.63) is 11.6 Å². The number of nitrogens with zero attached hydrogens (tertiary/aromatic N) is 3. The van der Waals surface area contributed by atoms with Crippen molar-refractivity contribution in [2.75, 3.05) is 6.54 Å². The molecule has 25 heavy (non-hydrogen) atoms. The lowest BCUT2D eigenvalue weighted by molar-refractivity contribution is 0.238. The first-order valence-electron chi connectivity index (χ1n) is 10.3. The van der Waals surface area contributed by atoms with Crippen LogP contribution in [0.5, 0.6) is 0 Å². The number of carbonyl (C=O) groups excluding carboxylic acids is 1. The van der Waals surface area contributed by atoms with E-state index in [0.717, 1.165) is 42.9 Å². The predicted molar refractivity (Wildman–Crippen MR) is 96.3 cm³/mol. The summed E-state index contributed by atoms with van der Waals surface area (Å²) in [7, 11) is 0. The standard InChI is InChI=1S/C19H31N5O/c25-19(21-16-13-15(16)14-7-3-1-4-8-14)20-11-10-18-23-22-17-9-5-2-6-12-24(17)18/h14-16H,1-13H2,(H2,20,21,25)/t15-,16-/m0/s1. The molecule has 0 saturated heterocycles. The van der Waals surface area contributed by atoms with Gasteiger partial charge in [-0.25, -0.2) is 4.79 Å². The van der Waals surface area contributed by atoms with Gasteiger partial charge in [0.25, 0.3) is 0 Å². The van der Waals surface area contributed by atoms with Crippen molar-refractivity contribution in [1.82, 2.24) is 25.4 Å². The molecule has 1 aromatic rings. The van der Waals surface area contributed by atoms with E-state index >= 15 is 0 Å². The second kappa shape index (κ2) is 7.75. The number of hydrogen-bond donors (Lipinski definition) is 2. The largest absolute Gasteiger partial charge is 0.338 e. The molecule has 0 bridgehead atoms. The lowest BCUT2D eigenvalue weighted by Crippen LogP contribution is -2.39. The molecular weight excluding hydrogens is 314 g/mol. The summed E-state index contributed by atoms with van der Waals surface area (Å²) >= 11 is 0. The lowest BCUT2D eigenvalue weighted by Gasteiger charge is -2.21. The summed E-state index contributed by atoms with van der Waals surface area (Å²) in [5, 5.41) is 14.8. The second-order valence-electron chi connectivity index (χ2n) is 8.05. The number of urea groups is 1. The van der Waals surface area contributed by atoms with Gasteiger partial charge in [-0.3, -0.25) is 0 Å². The number of nitrogens with one attached hydrogen (secondary N) is 2. The number of carbonyl (C=O) groups is 1. The first-order valence-corrected chi connectivity index (χ1v) is 10.3. The molecule has 2 aliphatic carbocycles. The summed E-state index contributed by atoms with van der Waals surface area (Å²) in [4.78, 5) is 12.1. The molecule has 2 heterocycles. The Morgan fingerprint density at radius 2 is 1.92 bits per heavy atom. The summed E-state index contributed by atoms with van der Waals surface area (Å²) in [6.45, 7) is 1.65. The Kier molecular flexibility index (Phi) is 5.22. The number of rotatable bonds is 5. The molecule has 2 fully saturated rings. The van der Waals surface area contributed by atoms with Gasteiger partial charge in [0.05, 0.1) is 0 Å². The Hall–Kier alpha value is -1.59. The van der Waals surface area contributed by atoms with E-state index in [4.69, 9.17) is 0 Å². The molecule has 2 N–H and O–H groups in total. The topological polar surface area (TPSA) is 71.8 Å². The minimum Gasteiger partial charge on any atom is -0.338 e. The van der Waals surface area contributed by atoms with Crippen molar-refractivity contribution in [1.29, 1.82) is 0 Å². The van der Waals surface area contributed by atoms with E-state index in [-0.39, 0.29) is 6.03 Å². The maximum Gasteiger partial charge on any atom is 0.315 e. The monoisotopic (exact) mass is 345 g/mol. The minimum atomic E-state index is -0.0149. The van der Waals surface area contributed by atoms with E-state index < -0.39 is 0 Å². The van der Waals surface area contributed by atoms with Crippen molar-refractivity contribution in [3.63, 3.8) is 0 Å². The molecule has 0 spiro atoms. The van der Waals surface area contributed by atoms with Gasteiger partial charge in [0.1, 0.15) is 11.6 Å². The molecule has 138 valence electrons. The Morgan fingerprint density at radius 3 is 2.80 bits per heavy atom. The third-order valence-corrected chi connectivity index (χ3v) is 6.23. The van der Waals surface area contributed by atoms with Gasteiger partial charge < -0.3 is 15.2 Å². The normalized spacial score (nSPS) is 26.6. The first-order chi connectivity index (χ1) is 12.3. The van der Waals surface area contributed by atoms with Crippen LogP contribution in [0.2, 0.25) is 0 Å². The molecule has 1 aliphatic heterocycles. The van der Waals surface area contributed by atoms with Gasteiger partial charge in [-0.1, -0.05) is 38.5 Å². The van der Waals surface area contributed by atoms with E-state index in [1.54, 1.807) is 0 Å². The van der Waals surface area contributed by atoms with Crippen molar-refractivity contribution in [2.45, 2.75) is 83.2 Å². The maximum atomic E-state index is 12.1. The van der Waals surface area contributed by atoms with Gasteiger partial charge in [0.15, 0.2) is 0 Å². The molecule has 4 rings (SSSR count).